The SMILES string of the molecule is O=S([O-])OS(=O)(=O)c1ccc2nc(-c3ccccc3)[nH]c2c1. The van der Waals surface area contributed by atoms with Gasteiger partial charge in [-0.05, 0) is 18.2 Å². The van der Waals surface area contributed by atoms with Crippen LogP contribution in [0.15, 0.2) is 53.4 Å². The van der Waals surface area contributed by atoms with Gasteiger partial charge in [-0.1, -0.05) is 30.3 Å². The molecule has 114 valence electrons. The van der Waals surface area contributed by atoms with E-state index >= 15 is 0 Å². The fourth-order valence-electron chi connectivity index (χ4n) is 1.99. The molecule has 0 spiro atoms. The topological polar surface area (TPSA) is 112 Å². The quantitative estimate of drug-likeness (QED) is 0.726. The third kappa shape index (κ3) is 2.92. The fourth-order valence-corrected chi connectivity index (χ4v) is 3.39. The smallest absolute Gasteiger partial charge is 0.309 e. The van der Waals surface area contributed by atoms with E-state index < -0.39 is 21.5 Å². The number of rotatable bonds is 4. The summed E-state index contributed by atoms with van der Waals surface area (Å²) in [7, 11) is -4.37. The van der Waals surface area contributed by atoms with Crippen molar-refractivity contribution in [2.45, 2.75) is 4.90 Å². The summed E-state index contributed by atoms with van der Waals surface area (Å²) in [4.78, 5) is 7.08. The molecule has 0 saturated heterocycles. The van der Waals surface area contributed by atoms with Crippen molar-refractivity contribution in [1.29, 1.82) is 0 Å². The number of hydrogen-bond donors (Lipinski definition) is 1. The number of nitrogens with zero attached hydrogens (tertiary/aromatic N) is 1. The number of aromatic nitrogens is 2. The van der Waals surface area contributed by atoms with Crippen molar-refractivity contribution in [2.24, 2.45) is 0 Å². The summed E-state index contributed by atoms with van der Waals surface area (Å²) in [6.45, 7) is 0. The lowest BCUT2D eigenvalue weighted by Crippen LogP contribution is -2.08. The van der Waals surface area contributed by atoms with Gasteiger partial charge < -0.3 is 9.54 Å². The van der Waals surface area contributed by atoms with E-state index in [2.05, 4.69) is 13.6 Å². The van der Waals surface area contributed by atoms with Gasteiger partial charge in [0.1, 0.15) is 17.2 Å². The van der Waals surface area contributed by atoms with E-state index in [1.54, 1.807) is 0 Å². The van der Waals surface area contributed by atoms with Crippen molar-refractivity contribution in [1.82, 2.24) is 9.97 Å². The molecule has 0 aliphatic rings. The van der Waals surface area contributed by atoms with Crippen LogP contribution in [0.25, 0.3) is 22.4 Å². The highest BCUT2D eigenvalue weighted by Crippen LogP contribution is 2.23. The second-order valence-corrected chi connectivity index (χ2v) is 6.69. The Morgan fingerprint density at radius 3 is 2.55 bits per heavy atom. The molecule has 3 aromatic rings. The van der Waals surface area contributed by atoms with Crippen molar-refractivity contribution in [3.05, 3.63) is 48.5 Å². The van der Waals surface area contributed by atoms with Crippen LogP contribution in [0.5, 0.6) is 0 Å². The van der Waals surface area contributed by atoms with Crippen LogP contribution in [0.1, 0.15) is 0 Å². The van der Waals surface area contributed by atoms with E-state index in [1.807, 2.05) is 30.3 Å². The maximum atomic E-state index is 11.7. The number of hydrogen-bond acceptors (Lipinski definition) is 6. The lowest BCUT2D eigenvalue weighted by Gasteiger charge is -2.06. The molecule has 0 fully saturated rings. The Bertz CT molecular complexity index is 951. The third-order valence-corrected chi connectivity index (χ3v) is 4.93. The highest BCUT2D eigenvalue weighted by Gasteiger charge is 2.17. The molecule has 1 aromatic heterocycles. The average molecular weight is 337 g/mol. The first-order chi connectivity index (χ1) is 10.5. The zero-order chi connectivity index (χ0) is 15.7. The normalized spacial score (nSPS) is 13.3. The monoisotopic (exact) mass is 337 g/mol. The van der Waals surface area contributed by atoms with Crippen molar-refractivity contribution < 1.29 is 20.8 Å². The van der Waals surface area contributed by atoms with Crippen LogP contribution in [0.3, 0.4) is 0 Å². The molecule has 0 bridgehead atoms. The number of fused-ring (bicyclic) bond motifs is 1. The minimum absolute atomic E-state index is 0.271. The summed E-state index contributed by atoms with van der Waals surface area (Å²) in [5, 5.41) is 0. The highest BCUT2D eigenvalue weighted by atomic mass is 32.3. The number of H-pyrrole nitrogens is 1. The summed E-state index contributed by atoms with van der Waals surface area (Å²) < 4.78 is 48.2. The maximum Gasteiger partial charge on any atom is 0.309 e. The first kappa shape index (κ1) is 14.9. The lowest BCUT2D eigenvalue weighted by molar-refractivity contribution is 0.429. The molecule has 1 unspecified atom stereocenters. The van der Waals surface area contributed by atoms with Crippen LogP contribution in [-0.2, 0) is 25.1 Å². The van der Waals surface area contributed by atoms with Gasteiger partial charge in [-0.2, -0.15) is 12.0 Å². The Kier molecular flexibility index (Phi) is 3.79. The predicted molar refractivity (Wildman–Crippen MR) is 78.7 cm³/mol. The zero-order valence-corrected chi connectivity index (χ0v) is 12.6. The van der Waals surface area contributed by atoms with Crippen LogP contribution < -0.4 is 0 Å². The third-order valence-electron chi connectivity index (χ3n) is 2.93. The van der Waals surface area contributed by atoms with Crippen LogP contribution in [0.2, 0.25) is 0 Å². The lowest BCUT2D eigenvalue weighted by atomic mass is 10.2. The van der Waals surface area contributed by atoms with E-state index in [0.29, 0.717) is 16.9 Å². The molecular weight excluding hydrogens is 328 g/mol. The Labute approximate surface area is 128 Å². The number of nitrogens with one attached hydrogen (secondary N) is 1. The van der Waals surface area contributed by atoms with Gasteiger partial charge in [0.25, 0.3) is 0 Å². The van der Waals surface area contributed by atoms with E-state index in [-0.39, 0.29) is 4.90 Å². The van der Waals surface area contributed by atoms with Gasteiger partial charge in [0, 0.05) is 5.56 Å². The second kappa shape index (κ2) is 5.61. The molecule has 0 saturated carbocycles. The molecule has 3 rings (SSSR count). The van der Waals surface area contributed by atoms with Crippen molar-refractivity contribution in [2.75, 3.05) is 0 Å². The minimum Gasteiger partial charge on any atom is -0.749 e. The Hall–Kier alpha value is -2.07. The Morgan fingerprint density at radius 1 is 1.14 bits per heavy atom. The molecular formula is C13H9N2O5S2-. The van der Waals surface area contributed by atoms with Gasteiger partial charge in [0.2, 0.25) is 0 Å². The van der Waals surface area contributed by atoms with Gasteiger partial charge in [0.15, 0.2) is 0 Å². The Balaban J connectivity index is 2.06. The van der Waals surface area contributed by atoms with Crippen LogP contribution in [-0.4, -0.2) is 27.1 Å². The largest absolute Gasteiger partial charge is 0.749 e. The van der Waals surface area contributed by atoms with Crippen LogP contribution >= 0.6 is 0 Å². The molecule has 1 N–H and O–H groups in total. The van der Waals surface area contributed by atoms with E-state index in [1.165, 1.54) is 18.2 Å². The molecule has 2 aromatic carbocycles. The van der Waals surface area contributed by atoms with E-state index in [0.717, 1.165) is 5.56 Å². The fraction of sp³-hybridized carbons (Fsp3) is 0. The van der Waals surface area contributed by atoms with Gasteiger partial charge in [-0.25, -0.2) is 9.19 Å². The van der Waals surface area contributed by atoms with E-state index in [9.17, 15) is 17.2 Å². The van der Waals surface area contributed by atoms with Crippen molar-refractivity contribution in [3.8, 4) is 11.4 Å². The standard InChI is InChI=1S/C13H10N2O5S2/c16-21(17)20-22(18,19)10-6-7-11-12(8-10)15-13(14-11)9-4-2-1-3-5-9/h1-8H,(H,14,15)(H,16,17)/p-1. The molecule has 0 aliphatic carbocycles. The first-order valence-electron chi connectivity index (χ1n) is 6.05. The number of imidazole rings is 1. The highest BCUT2D eigenvalue weighted by molar-refractivity contribution is 7.95. The molecule has 7 nitrogen and oxygen atoms in total. The number of aromatic amines is 1. The second-order valence-electron chi connectivity index (χ2n) is 4.36. The maximum absolute atomic E-state index is 11.7. The minimum atomic E-state index is -4.37. The van der Waals surface area contributed by atoms with Crippen molar-refractivity contribution in [3.63, 3.8) is 0 Å². The molecule has 0 amide bonds. The molecule has 0 radical (unpaired) electrons. The first-order valence-corrected chi connectivity index (χ1v) is 8.46. The summed E-state index contributed by atoms with van der Waals surface area (Å²) in [6, 6.07) is 13.3. The molecule has 0 aliphatic heterocycles. The predicted octanol–water partition coefficient (Wildman–Crippen LogP) is 1.73. The van der Waals surface area contributed by atoms with Gasteiger partial charge in [0.05, 0.1) is 15.9 Å². The summed E-state index contributed by atoms with van der Waals surface area (Å²) in [5.74, 6) is 0.582. The Morgan fingerprint density at radius 2 is 1.86 bits per heavy atom. The average Bonchev–Trinajstić information content (AvgIpc) is 2.90. The van der Waals surface area contributed by atoms with Crippen LogP contribution in [0, 0.1) is 0 Å². The van der Waals surface area contributed by atoms with E-state index in [4.69, 9.17) is 0 Å². The summed E-state index contributed by atoms with van der Waals surface area (Å²) in [6.07, 6.45) is 0. The summed E-state index contributed by atoms with van der Waals surface area (Å²) in [5.41, 5.74) is 1.86. The molecule has 22 heavy (non-hydrogen) atoms. The van der Waals surface area contributed by atoms with Crippen LogP contribution in [0.4, 0.5) is 0 Å². The van der Waals surface area contributed by atoms with Crippen molar-refractivity contribution >= 4 is 32.5 Å². The van der Waals surface area contributed by atoms with Gasteiger partial charge >= 0.3 is 10.1 Å². The zero-order valence-electron chi connectivity index (χ0n) is 10.9. The van der Waals surface area contributed by atoms with Gasteiger partial charge in [-0.3, -0.25) is 0 Å². The molecule has 9 heteroatoms. The molecule has 1 heterocycles. The number of benzene rings is 2. The van der Waals surface area contributed by atoms with Gasteiger partial charge in [-0.15, -0.1) is 0 Å². The summed E-state index contributed by atoms with van der Waals surface area (Å²) >= 11 is -3.16. The molecule has 1 atom stereocenters.